The van der Waals surface area contributed by atoms with Crippen LogP contribution in [0.3, 0.4) is 0 Å². The molecule has 1 aromatic carbocycles. The number of ketones is 1. The summed E-state index contributed by atoms with van der Waals surface area (Å²) in [6.07, 6.45) is 6.57. The van der Waals surface area contributed by atoms with Crippen LogP contribution in [-0.4, -0.2) is 131 Å². The molecule has 314 valence electrons. The van der Waals surface area contributed by atoms with Crippen molar-refractivity contribution in [2.24, 2.45) is 5.92 Å². The Morgan fingerprint density at radius 2 is 1.60 bits per heavy atom. The van der Waals surface area contributed by atoms with Gasteiger partial charge in [0.15, 0.2) is 0 Å². The molecule has 3 saturated heterocycles. The number of hydrogen-bond donors (Lipinski definition) is 4. The van der Waals surface area contributed by atoms with Crippen molar-refractivity contribution in [3.63, 3.8) is 0 Å². The summed E-state index contributed by atoms with van der Waals surface area (Å²) in [4.78, 5) is 97.8. The average Bonchev–Trinajstić information content (AvgIpc) is 3.59. The van der Waals surface area contributed by atoms with Crippen molar-refractivity contribution >= 4 is 64.9 Å². The summed E-state index contributed by atoms with van der Waals surface area (Å²) >= 11 is 3.46. The maximum atomic E-state index is 14.7. The van der Waals surface area contributed by atoms with Gasteiger partial charge in [-0.1, -0.05) is 62.9 Å². The van der Waals surface area contributed by atoms with Crippen LogP contribution in [0, 0.1) is 5.92 Å². The van der Waals surface area contributed by atoms with E-state index in [9.17, 15) is 33.6 Å². The standard InChI is InChI=1S/C40H58N6O9S2/c1-4-12-29(34(48)36(50)41-24-31(47)43-32(37(51)45(2)3)26-13-7-5-8-14-26)42-35(49)30-23-40(56-21-11-22-57-40)25-46(30)38(52)33(27-15-9-6-10-16-27)44-39(53)55-28-17-19-54-20-18-28/h5,7-8,13-14,27-30,32-33H,4,6,9-12,15-25H2,1-3H3,(H,41,50)(H,42,49)(H,43,47)(H,44,53)/t29?,30-,32?,33-/m0/s1. The number of amides is 6. The van der Waals surface area contributed by atoms with Crippen LogP contribution in [0.1, 0.15) is 89.2 Å². The fraction of sp³-hybridized carbons (Fsp3) is 0.675. The molecule has 4 atom stereocenters. The number of likely N-dealkylation sites (tertiary alicyclic amines) is 1. The molecule has 17 heteroatoms. The van der Waals surface area contributed by atoms with Gasteiger partial charge in [-0.3, -0.25) is 28.8 Å². The Balaban J connectivity index is 1.27. The topological polar surface area (TPSA) is 193 Å². The zero-order valence-corrected chi connectivity index (χ0v) is 34.9. The molecular weight excluding hydrogens is 773 g/mol. The number of thioether (sulfide) groups is 2. The van der Waals surface area contributed by atoms with E-state index in [0.717, 1.165) is 50.0 Å². The number of carbonyl (C=O) groups is 7. The third-order valence-electron chi connectivity index (χ3n) is 11.0. The highest BCUT2D eigenvalue weighted by Gasteiger charge is 2.52. The minimum absolute atomic E-state index is 0.125. The molecule has 15 nitrogen and oxygen atoms in total. The highest BCUT2D eigenvalue weighted by atomic mass is 32.2. The minimum atomic E-state index is -1.21. The predicted molar refractivity (Wildman–Crippen MR) is 217 cm³/mol. The van der Waals surface area contributed by atoms with Gasteiger partial charge in [0.2, 0.25) is 29.4 Å². The van der Waals surface area contributed by atoms with Gasteiger partial charge >= 0.3 is 6.09 Å². The lowest BCUT2D eigenvalue weighted by Gasteiger charge is -2.36. The quantitative estimate of drug-likeness (QED) is 0.190. The molecule has 3 aliphatic heterocycles. The van der Waals surface area contributed by atoms with Crippen molar-refractivity contribution < 1.29 is 43.0 Å². The summed E-state index contributed by atoms with van der Waals surface area (Å²) in [7, 11) is 3.13. The van der Waals surface area contributed by atoms with Crippen LogP contribution < -0.4 is 21.3 Å². The Kier molecular flexibility index (Phi) is 16.5. The SMILES string of the molecule is CCCC(NC(=O)[C@@H]1CC2(CN1C(=O)[C@@H](NC(=O)OC1CCOCC1)C1CCCCC1)SCCCS2)C(=O)C(=O)NCC(=O)NC(C(=O)N(C)C)c1ccccc1. The van der Waals surface area contributed by atoms with Crippen LogP contribution in [0.4, 0.5) is 4.79 Å². The van der Waals surface area contributed by atoms with Crippen molar-refractivity contribution in [3.05, 3.63) is 35.9 Å². The first-order valence-electron chi connectivity index (χ1n) is 20.2. The van der Waals surface area contributed by atoms with Crippen LogP contribution in [-0.2, 0) is 38.2 Å². The van der Waals surface area contributed by atoms with Crippen molar-refractivity contribution in [1.82, 2.24) is 31.1 Å². The van der Waals surface area contributed by atoms with E-state index in [4.69, 9.17) is 9.47 Å². The van der Waals surface area contributed by atoms with Crippen LogP contribution in [0.5, 0.6) is 0 Å². The van der Waals surface area contributed by atoms with Gasteiger partial charge < -0.3 is 40.5 Å². The normalized spacial score (nSPS) is 21.4. The molecule has 2 unspecified atom stereocenters. The van der Waals surface area contributed by atoms with Gasteiger partial charge in [0.1, 0.15) is 24.2 Å². The fourth-order valence-corrected chi connectivity index (χ4v) is 11.2. The minimum Gasteiger partial charge on any atom is -0.446 e. The second-order valence-electron chi connectivity index (χ2n) is 15.4. The van der Waals surface area contributed by atoms with E-state index in [1.165, 1.54) is 4.90 Å². The molecule has 4 aliphatic rings. The number of ether oxygens (including phenoxy) is 2. The molecular formula is C40H58N6O9S2. The van der Waals surface area contributed by atoms with Crippen molar-refractivity contribution in [3.8, 4) is 0 Å². The average molecular weight is 831 g/mol. The first kappa shape index (κ1) is 44.3. The summed E-state index contributed by atoms with van der Waals surface area (Å²) in [5, 5.41) is 10.7. The summed E-state index contributed by atoms with van der Waals surface area (Å²) < 4.78 is 10.7. The van der Waals surface area contributed by atoms with Crippen LogP contribution in [0.25, 0.3) is 0 Å². The van der Waals surface area contributed by atoms with E-state index in [1.807, 2.05) is 6.92 Å². The number of carbonyl (C=O) groups excluding carboxylic acids is 7. The molecule has 4 N–H and O–H groups in total. The second-order valence-corrected chi connectivity index (χ2v) is 18.6. The number of alkyl carbamates (subject to hydrolysis) is 1. The summed E-state index contributed by atoms with van der Waals surface area (Å²) in [6, 6.07) is 4.63. The zero-order valence-electron chi connectivity index (χ0n) is 33.3. The third-order valence-corrected chi connectivity index (χ3v) is 14.3. The maximum Gasteiger partial charge on any atom is 0.408 e. The Hall–Kier alpha value is -3.83. The lowest BCUT2D eigenvalue weighted by atomic mass is 9.83. The molecule has 1 aromatic rings. The smallest absolute Gasteiger partial charge is 0.408 e. The Morgan fingerprint density at radius 3 is 2.25 bits per heavy atom. The number of rotatable bonds is 15. The van der Waals surface area contributed by atoms with Gasteiger partial charge in [-0.25, -0.2) is 4.79 Å². The van der Waals surface area contributed by atoms with Gasteiger partial charge in [0, 0.05) is 39.9 Å². The predicted octanol–water partition coefficient (Wildman–Crippen LogP) is 2.92. The van der Waals surface area contributed by atoms with Crippen LogP contribution in [0.2, 0.25) is 0 Å². The van der Waals surface area contributed by atoms with E-state index in [1.54, 1.807) is 72.9 Å². The monoisotopic (exact) mass is 830 g/mol. The van der Waals surface area contributed by atoms with Gasteiger partial charge in [0.25, 0.3) is 5.91 Å². The lowest BCUT2D eigenvalue weighted by molar-refractivity contribution is -0.143. The Bertz CT molecular complexity index is 1580. The first-order valence-corrected chi connectivity index (χ1v) is 22.2. The van der Waals surface area contributed by atoms with Gasteiger partial charge in [-0.15, -0.1) is 23.5 Å². The summed E-state index contributed by atoms with van der Waals surface area (Å²) in [5.41, 5.74) is 0.555. The molecule has 1 aliphatic carbocycles. The molecule has 1 spiro atoms. The molecule has 5 rings (SSSR count). The van der Waals surface area contributed by atoms with Crippen molar-refractivity contribution in [2.45, 2.75) is 112 Å². The molecule has 0 radical (unpaired) electrons. The number of Topliss-reactive ketones (excluding diaryl/α,β-unsaturated/α-hetero) is 1. The third kappa shape index (κ3) is 12.1. The van der Waals surface area contributed by atoms with E-state index in [0.29, 0.717) is 51.0 Å². The number of nitrogens with one attached hydrogen (secondary N) is 4. The Morgan fingerprint density at radius 1 is 0.912 bits per heavy atom. The highest BCUT2D eigenvalue weighted by molar-refractivity contribution is 8.18. The molecule has 4 fully saturated rings. The molecule has 3 heterocycles. The van der Waals surface area contributed by atoms with E-state index < -0.39 is 64.4 Å². The van der Waals surface area contributed by atoms with Gasteiger partial charge in [-0.05, 0) is 48.7 Å². The molecule has 0 bridgehead atoms. The second kappa shape index (κ2) is 21.3. The van der Waals surface area contributed by atoms with Crippen molar-refractivity contribution in [1.29, 1.82) is 0 Å². The number of nitrogens with zero attached hydrogens (tertiary/aromatic N) is 2. The van der Waals surface area contributed by atoms with Crippen molar-refractivity contribution in [2.75, 3.05) is 51.9 Å². The van der Waals surface area contributed by atoms with Gasteiger partial charge in [0.05, 0.1) is 29.9 Å². The molecule has 57 heavy (non-hydrogen) atoms. The maximum absolute atomic E-state index is 14.7. The van der Waals surface area contributed by atoms with Crippen LogP contribution >= 0.6 is 23.5 Å². The zero-order chi connectivity index (χ0) is 41.0. The number of benzene rings is 1. The van der Waals surface area contributed by atoms with Gasteiger partial charge in [-0.2, -0.15) is 0 Å². The van der Waals surface area contributed by atoms with E-state index in [2.05, 4.69) is 21.3 Å². The summed E-state index contributed by atoms with van der Waals surface area (Å²) in [5.74, 6) is -2.30. The first-order chi connectivity index (χ1) is 27.4. The number of likely N-dealkylation sites (N-methyl/N-ethyl adjacent to an activating group) is 1. The largest absolute Gasteiger partial charge is 0.446 e. The summed E-state index contributed by atoms with van der Waals surface area (Å²) in [6.45, 7) is 2.53. The Labute approximate surface area is 343 Å². The van der Waals surface area contributed by atoms with E-state index >= 15 is 0 Å². The molecule has 6 amide bonds. The van der Waals surface area contributed by atoms with E-state index in [-0.39, 0.29) is 30.3 Å². The molecule has 0 aromatic heterocycles. The van der Waals surface area contributed by atoms with Crippen LogP contribution in [0.15, 0.2) is 30.3 Å². The number of hydrogen-bond acceptors (Lipinski definition) is 11. The molecule has 1 saturated carbocycles. The lowest BCUT2D eigenvalue weighted by Crippen LogP contribution is -2.58. The fourth-order valence-electron chi connectivity index (χ4n) is 7.90. The highest BCUT2D eigenvalue weighted by Crippen LogP contribution is 2.50.